The highest BCUT2D eigenvalue weighted by molar-refractivity contribution is 5.94. The van der Waals surface area contributed by atoms with Crippen LogP contribution in [0.2, 0.25) is 0 Å². The van der Waals surface area contributed by atoms with Crippen molar-refractivity contribution < 1.29 is 9.53 Å². The molecule has 0 heterocycles. The standard InChI is InChI=1S/C19H20N2O2/c1-13-8-14(2)10-17(9-13)21-19(22)16(12-20)11-15-6-4-5-7-18(15)23-3/h4-10,16H,11H2,1-3H3,(H,21,22)/t16-/m0/s1. The summed E-state index contributed by atoms with van der Waals surface area (Å²) in [6.07, 6.45) is 0.317. The van der Waals surface area contributed by atoms with Crippen LogP contribution in [0.15, 0.2) is 42.5 Å². The van der Waals surface area contributed by atoms with Crippen molar-refractivity contribution in [3.63, 3.8) is 0 Å². The highest BCUT2D eigenvalue weighted by atomic mass is 16.5. The molecule has 0 aliphatic heterocycles. The quantitative estimate of drug-likeness (QED) is 0.917. The Morgan fingerprint density at radius 2 is 1.87 bits per heavy atom. The van der Waals surface area contributed by atoms with E-state index >= 15 is 0 Å². The van der Waals surface area contributed by atoms with E-state index in [9.17, 15) is 10.1 Å². The number of hydrogen-bond donors (Lipinski definition) is 1. The summed E-state index contributed by atoms with van der Waals surface area (Å²) in [6, 6.07) is 15.3. The number of para-hydroxylation sites is 1. The number of nitrogens with zero attached hydrogens (tertiary/aromatic N) is 1. The van der Waals surface area contributed by atoms with Crippen molar-refractivity contribution in [1.82, 2.24) is 0 Å². The number of anilines is 1. The van der Waals surface area contributed by atoms with E-state index in [0.717, 1.165) is 16.7 Å². The number of nitrogens with one attached hydrogen (secondary N) is 1. The normalized spacial score (nSPS) is 11.4. The molecule has 2 rings (SSSR count). The van der Waals surface area contributed by atoms with Gasteiger partial charge in [-0.3, -0.25) is 4.79 Å². The Balaban J connectivity index is 2.14. The third-order valence-electron chi connectivity index (χ3n) is 3.58. The summed E-state index contributed by atoms with van der Waals surface area (Å²) in [5.41, 5.74) is 3.70. The van der Waals surface area contributed by atoms with Crippen LogP contribution in [0.5, 0.6) is 5.75 Å². The van der Waals surface area contributed by atoms with E-state index in [1.54, 1.807) is 7.11 Å². The van der Waals surface area contributed by atoms with Crippen LogP contribution >= 0.6 is 0 Å². The van der Waals surface area contributed by atoms with Crippen LogP contribution in [0.3, 0.4) is 0 Å². The molecule has 1 N–H and O–H groups in total. The molecule has 1 amide bonds. The Morgan fingerprint density at radius 3 is 2.48 bits per heavy atom. The number of methoxy groups -OCH3 is 1. The number of hydrogen-bond acceptors (Lipinski definition) is 3. The molecule has 0 aromatic heterocycles. The lowest BCUT2D eigenvalue weighted by Gasteiger charge is -2.13. The van der Waals surface area contributed by atoms with Gasteiger partial charge >= 0.3 is 0 Å². The van der Waals surface area contributed by atoms with Gasteiger partial charge in [-0.2, -0.15) is 5.26 Å². The van der Waals surface area contributed by atoms with Crippen LogP contribution in [0, 0.1) is 31.1 Å². The number of carbonyl (C=O) groups is 1. The molecular weight excluding hydrogens is 288 g/mol. The lowest BCUT2D eigenvalue weighted by atomic mass is 9.99. The summed E-state index contributed by atoms with van der Waals surface area (Å²) in [5, 5.41) is 12.2. The molecule has 23 heavy (non-hydrogen) atoms. The minimum Gasteiger partial charge on any atom is -0.496 e. The fourth-order valence-electron chi connectivity index (χ4n) is 2.56. The SMILES string of the molecule is COc1ccccc1C[C@@H](C#N)C(=O)Nc1cc(C)cc(C)c1. The lowest BCUT2D eigenvalue weighted by molar-refractivity contribution is -0.118. The zero-order valence-corrected chi connectivity index (χ0v) is 13.6. The van der Waals surface area contributed by atoms with Crippen LogP contribution in [0.4, 0.5) is 5.69 Å². The average molecular weight is 308 g/mol. The molecule has 1 atom stereocenters. The number of ether oxygens (including phenoxy) is 1. The first-order valence-corrected chi connectivity index (χ1v) is 7.44. The molecule has 0 bridgehead atoms. The highest BCUT2D eigenvalue weighted by Crippen LogP contribution is 2.22. The third-order valence-corrected chi connectivity index (χ3v) is 3.58. The van der Waals surface area contributed by atoms with Crippen molar-refractivity contribution in [3.8, 4) is 11.8 Å². The molecule has 0 fully saturated rings. The summed E-state index contributed by atoms with van der Waals surface area (Å²) in [6.45, 7) is 3.94. The van der Waals surface area contributed by atoms with Crippen LogP contribution in [-0.2, 0) is 11.2 Å². The second-order valence-corrected chi connectivity index (χ2v) is 5.56. The molecule has 0 saturated heterocycles. The van der Waals surface area contributed by atoms with E-state index in [2.05, 4.69) is 11.4 Å². The number of aryl methyl sites for hydroxylation is 2. The Labute approximate surface area is 136 Å². The van der Waals surface area contributed by atoms with E-state index < -0.39 is 5.92 Å². The minimum atomic E-state index is -0.771. The maximum Gasteiger partial charge on any atom is 0.242 e. The first kappa shape index (κ1) is 16.6. The molecule has 2 aromatic rings. The Kier molecular flexibility index (Phi) is 5.37. The summed E-state index contributed by atoms with van der Waals surface area (Å²) >= 11 is 0. The van der Waals surface area contributed by atoms with Crippen molar-refractivity contribution in [3.05, 3.63) is 59.2 Å². The van der Waals surface area contributed by atoms with Gasteiger partial charge in [-0.1, -0.05) is 24.3 Å². The number of benzene rings is 2. The average Bonchev–Trinajstić information content (AvgIpc) is 2.51. The van der Waals surface area contributed by atoms with Crippen molar-refractivity contribution >= 4 is 11.6 Å². The van der Waals surface area contributed by atoms with Crippen molar-refractivity contribution in [2.75, 3.05) is 12.4 Å². The van der Waals surface area contributed by atoms with Gasteiger partial charge < -0.3 is 10.1 Å². The summed E-state index contributed by atoms with van der Waals surface area (Å²) in [4.78, 5) is 12.4. The van der Waals surface area contributed by atoms with Gasteiger partial charge in [0.1, 0.15) is 11.7 Å². The number of nitriles is 1. The first-order valence-electron chi connectivity index (χ1n) is 7.44. The molecule has 0 aliphatic rings. The van der Waals surface area contributed by atoms with Crippen LogP contribution < -0.4 is 10.1 Å². The predicted molar refractivity (Wildman–Crippen MR) is 90.3 cm³/mol. The number of rotatable bonds is 5. The Bertz CT molecular complexity index is 727. The number of amides is 1. The monoisotopic (exact) mass is 308 g/mol. The molecule has 118 valence electrons. The second-order valence-electron chi connectivity index (χ2n) is 5.56. The zero-order chi connectivity index (χ0) is 16.8. The van der Waals surface area contributed by atoms with Gasteiger partial charge in [-0.15, -0.1) is 0 Å². The largest absolute Gasteiger partial charge is 0.496 e. The molecule has 4 heteroatoms. The van der Waals surface area contributed by atoms with E-state index in [1.807, 2.05) is 56.3 Å². The summed E-state index contributed by atoms with van der Waals surface area (Å²) in [5.74, 6) is -0.387. The molecule has 0 unspecified atom stereocenters. The molecule has 4 nitrogen and oxygen atoms in total. The van der Waals surface area contributed by atoms with Gasteiger partial charge in [0.15, 0.2) is 0 Å². The van der Waals surface area contributed by atoms with E-state index in [-0.39, 0.29) is 5.91 Å². The van der Waals surface area contributed by atoms with E-state index in [0.29, 0.717) is 17.9 Å². The van der Waals surface area contributed by atoms with E-state index in [4.69, 9.17) is 4.74 Å². The Morgan fingerprint density at radius 1 is 1.22 bits per heavy atom. The molecule has 2 aromatic carbocycles. The molecule has 0 aliphatic carbocycles. The Hall–Kier alpha value is -2.80. The van der Waals surface area contributed by atoms with Crippen molar-refractivity contribution in [1.29, 1.82) is 5.26 Å². The third kappa shape index (κ3) is 4.33. The fraction of sp³-hybridized carbons (Fsp3) is 0.263. The van der Waals surface area contributed by atoms with Gasteiger partial charge in [0.05, 0.1) is 13.2 Å². The number of carbonyl (C=O) groups excluding carboxylic acids is 1. The minimum absolute atomic E-state index is 0.302. The summed E-state index contributed by atoms with van der Waals surface area (Å²) < 4.78 is 5.28. The second kappa shape index (κ2) is 7.46. The van der Waals surface area contributed by atoms with Gasteiger partial charge in [0.25, 0.3) is 0 Å². The van der Waals surface area contributed by atoms with Gasteiger partial charge in [-0.25, -0.2) is 0 Å². The van der Waals surface area contributed by atoms with Crippen LogP contribution in [0.1, 0.15) is 16.7 Å². The predicted octanol–water partition coefficient (Wildman–Crippen LogP) is 3.63. The maximum absolute atomic E-state index is 12.4. The van der Waals surface area contributed by atoms with Gasteiger partial charge in [-0.05, 0) is 48.7 Å². The molecule has 0 saturated carbocycles. The van der Waals surface area contributed by atoms with Crippen molar-refractivity contribution in [2.45, 2.75) is 20.3 Å². The zero-order valence-electron chi connectivity index (χ0n) is 13.6. The fourth-order valence-corrected chi connectivity index (χ4v) is 2.56. The summed E-state index contributed by atoms with van der Waals surface area (Å²) in [7, 11) is 1.58. The lowest BCUT2D eigenvalue weighted by Crippen LogP contribution is -2.23. The van der Waals surface area contributed by atoms with E-state index in [1.165, 1.54) is 0 Å². The topological polar surface area (TPSA) is 62.1 Å². The maximum atomic E-state index is 12.4. The van der Waals surface area contributed by atoms with Gasteiger partial charge in [0, 0.05) is 12.1 Å². The van der Waals surface area contributed by atoms with Crippen molar-refractivity contribution in [2.24, 2.45) is 5.92 Å². The smallest absolute Gasteiger partial charge is 0.242 e. The van der Waals surface area contributed by atoms with Crippen LogP contribution in [-0.4, -0.2) is 13.0 Å². The molecular formula is C19H20N2O2. The highest BCUT2D eigenvalue weighted by Gasteiger charge is 2.20. The first-order chi connectivity index (χ1) is 11.0. The van der Waals surface area contributed by atoms with Gasteiger partial charge in [0.2, 0.25) is 5.91 Å². The molecule has 0 radical (unpaired) electrons. The van der Waals surface area contributed by atoms with Crippen LogP contribution in [0.25, 0.3) is 0 Å². The molecule has 0 spiro atoms.